The van der Waals surface area contributed by atoms with Gasteiger partial charge in [-0.3, -0.25) is 15.0 Å². The first-order valence-electron chi connectivity index (χ1n) is 11.9. The van der Waals surface area contributed by atoms with E-state index in [0.29, 0.717) is 28.3 Å². The lowest BCUT2D eigenvalue weighted by molar-refractivity contribution is 0.0918. The highest BCUT2D eigenvalue weighted by Gasteiger charge is 2.34. The zero-order valence-electron chi connectivity index (χ0n) is 21.4. The van der Waals surface area contributed by atoms with Gasteiger partial charge in [0.05, 0.1) is 37.7 Å². The Hall–Kier alpha value is -4.14. The molecule has 0 fully saturated rings. The molecule has 192 valence electrons. The van der Waals surface area contributed by atoms with E-state index < -0.39 is 5.82 Å². The highest BCUT2D eigenvalue weighted by atomic mass is 19.1. The van der Waals surface area contributed by atoms with Crippen LogP contribution in [0.2, 0.25) is 0 Å². The molecule has 37 heavy (non-hydrogen) atoms. The van der Waals surface area contributed by atoms with Crippen LogP contribution in [0.15, 0.2) is 36.5 Å². The summed E-state index contributed by atoms with van der Waals surface area (Å²) in [5.74, 6) is -0.434. The number of amidine groups is 1. The first kappa shape index (κ1) is 24.5. The van der Waals surface area contributed by atoms with Crippen LogP contribution in [-0.2, 0) is 12.0 Å². The van der Waals surface area contributed by atoms with Gasteiger partial charge >= 0.3 is 0 Å². The highest BCUT2D eigenvalue weighted by Crippen LogP contribution is 2.41. The summed E-state index contributed by atoms with van der Waals surface area (Å²) >= 11 is 0. The monoisotopic (exact) mass is 505 g/mol. The first-order valence-corrected chi connectivity index (χ1v) is 11.9. The lowest BCUT2D eigenvalue weighted by Gasteiger charge is -2.25. The summed E-state index contributed by atoms with van der Waals surface area (Å²) in [5.41, 5.74) is 2.58. The van der Waals surface area contributed by atoms with Crippen molar-refractivity contribution in [2.24, 2.45) is 0 Å². The topological polar surface area (TPSA) is 93.9 Å². The van der Waals surface area contributed by atoms with Gasteiger partial charge in [0.1, 0.15) is 11.6 Å². The van der Waals surface area contributed by atoms with Crippen molar-refractivity contribution in [2.45, 2.75) is 32.7 Å². The number of carbonyl (C=O) groups excluding carboxylic acids is 2. The van der Waals surface area contributed by atoms with E-state index in [9.17, 15) is 9.59 Å². The van der Waals surface area contributed by atoms with Crippen molar-refractivity contribution in [3.8, 4) is 22.9 Å². The van der Waals surface area contributed by atoms with Crippen molar-refractivity contribution in [1.82, 2.24) is 9.47 Å². The second-order valence-corrected chi connectivity index (χ2v) is 10.2. The maximum Gasteiger partial charge on any atom is 0.216 e. The van der Waals surface area contributed by atoms with Gasteiger partial charge in [0.15, 0.2) is 29.7 Å². The minimum Gasteiger partial charge on any atom is -0.493 e. The summed E-state index contributed by atoms with van der Waals surface area (Å²) in [7, 11) is 2.76. The average molecular weight is 506 g/mol. The largest absolute Gasteiger partial charge is 0.493 e. The number of fused-ring (bicyclic) bond motifs is 4. The van der Waals surface area contributed by atoms with Gasteiger partial charge in [-0.1, -0.05) is 20.8 Å². The number of Topliss-reactive ketones (excluding diaryl/α,β-unsaturated/α-hetero) is 2. The van der Waals surface area contributed by atoms with Crippen molar-refractivity contribution < 1.29 is 28.2 Å². The van der Waals surface area contributed by atoms with Crippen molar-refractivity contribution in [2.75, 3.05) is 27.4 Å². The van der Waals surface area contributed by atoms with E-state index in [1.54, 1.807) is 41.1 Å². The molecule has 0 unspecified atom stereocenters. The molecule has 2 aliphatic rings. The number of ether oxygens (including phenoxy) is 3. The van der Waals surface area contributed by atoms with Crippen LogP contribution >= 0.6 is 0 Å². The summed E-state index contributed by atoms with van der Waals surface area (Å²) < 4.78 is 33.2. The van der Waals surface area contributed by atoms with E-state index in [1.807, 2.05) is 20.8 Å². The minimum absolute atomic E-state index is 0.0724. The van der Waals surface area contributed by atoms with E-state index in [2.05, 4.69) is 0 Å². The molecule has 0 radical (unpaired) electrons. The fraction of sp³-hybridized carbons (Fsp3) is 0.321. The Labute approximate surface area is 214 Å². The maximum absolute atomic E-state index is 15.2. The Kier molecular flexibility index (Phi) is 5.81. The standard InChI is InChI=1S/C28H28FN3O5/c1-28(2,3)17-9-15(10-19-25(17)37-14-21(34)18-7-6-8-32(18)19)20(33)13-31-12-16-11-22(35-4)26(36-5)24(29)23(16)27(31)30/h6-11,30H,12-14H2,1-5H3. The van der Waals surface area contributed by atoms with Crippen molar-refractivity contribution >= 4 is 17.4 Å². The van der Waals surface area contributed by atoms with Gasteiger partial charge in [0.25, 0.3) is 0 Å². The van der Waals surface area contributed by atoms with Gasteiger partial charge in [-0.2, -0.15) is 0 Å². The summed E-state index contributed by atoms with van der Waals surface area (Å²) in [6.07, 6.45) is 1.78. The summed E-state index contributed by atoms with van der Waals surface area (Å²) in [5, 5.41) is 8.58. The van der Waals surface area contributed by atoms with Crippen molar-refractivity contribution in [1.29, 1.82) is 5.41 Å². The third-order valence-electron chi connectivity index (χ3n) is 6.78. The molecule has 3 aromatic rings. The summed E-state index contributed by atoms with van der Waals surface area (Å²) in [4.78, 5) is 27.7. The van der Waals surface area contributed by atoms with Crippen LogP contribution in [0.3, 0.4) is 0 Å². The first-order chi connectivity index (χ1) is 17.5. The number of hydrogen-bond acceptors (Lipinski definition) is 6. The number of hydrogen-bond donors (Lipinski definition) is 1. The van der Waals surface area contributed by atoms with Crippen LogP contribution in [0, 0.1) is 11.2 Å². The highest BCUT2D eigenvalue weighted by molar-refractivity contribution is 6.06. The van der Waals surface area contributed by atoms with E-state index in [4.69, 9.17) is 19.6 Å². The zero-order valence-corrected chi connectivity index (χ0v) is 21.4. The number of halogens is 1. The Morgan fingerprint density at radius 1 is 1.19 bits per heavy atom. The third-order valence-corrected chi connectivity index (χ3v) is 6.78. The molecule has 0 saturated carbocycles. The second kappa shape index (κ2) is 8.76. The number of carbonyl (C=O) groups is 2. The van der Waals surface area contributed by atoms with Crippen LogP contribution in [0.25, 0.3) is 5.69 Å². The SMILES string of the molecule is COc1cc2c(c(F)c1OC)C(=N)N(CC(=O)c1cc3c(c(C(C)(C)C)c1)OCC(=O)c1cccn1-3)C2. The smallest absolute Gasteiger partial charge is 0.216 e. The predicted octanol–water partition coefficient (Wildman–Crippen LogP) is 4.53. The molecule has 0 atom stereocenters. The van der Waals surface area contributed by atoms with Crippen LogP contribution in [0.1, 0.15) is 58.3 Å². The molecule has 3 heterocycles. The molecule has 2 aliphatic heterocycles. The van der Waals surface area contributed by atoms with E-state index in [-0.39, 0.29) is 59.6 Å². The molecule has 0 saturated heterocycles. The van der Waals surface area contributed by atoms with Gasteiger partial charge in [-0.25, -0.2) is 4.39 Å². The van der Waals surface area contributed by atoms with Crippen molar-refractivity contribution in [3.63, 3.8) is 0 Å². The van der Waals surface area contributed by atoms with Gasteiger partial charge < -0.3 is 23.7 Å². The molecule has 8 nitrogen and oxygen atoms in total. The Morgan fingerprint density at radius 2 is 1.95 bits per heavy atom. The van der Waals surface area contributed by atoms with Gasteiger partial charge in [-0.05, 0) is 41.3 Å². The fourth-order valence-electron chi connectivity index (χ4n) is 4.92. The Morgan fingerprint density at radius 3 is 2.62 bits per heavy atom. The van der Waals surface area contributed by atoms with Crippen LogP contribution < -0.4 is 14.2 Å². The van der Waals surface area contributed by atoms with Crippen LogP contribution in [-0.4, -0.2) is 54.2 Å². The molecule has 1 aromatic heterocycles. The Balaban J connectivity index is 1.53. The molecule has 0 amide bonds. The zero-order chi connectivity index (χ0) is 26.6. The summed E-state index contributed by atoms with van der Waals surface area (Å²) in [6.45, 7) is 6.01. The molecule has 0 aliphatic carbocycles. The van der Waals surface area contributed by atoms with Gasteiger partial charge in [0.2, 0.25) is 5.78 Å². The normalized spacial score (nSPS) is 14.5. The third kappa shape index (κ3) is 3.94. The van der Waals surface area contributed by atoms with Gasteiger partial charge in [0, 0.05) is 23.9 Å². The summed E-state index contributed by atoms with van der Waals surface area (Å²) in [6, 6.07) is 8.66. The lowest BCUT2D eigenvalue weighted by Crippen LogP contribution is -2.31. The van der Waals surface area contributed by atoms with Crippen LogP contribution in [0.4, 0.5) is 4.39 Å². The molecule has 0 spiro atoms. The van der Waals surface area contributed by atoms with Gasteiger partial charge in [-0.15, -0.1) is 0 Å². The van der Waals surface area contributed by atoms with Crippen LogP contribution in [0.5, 0.6) is 17.2 Å². The number of aromatic nitrogens is 1. The molecular weight excluding hydrogens is 477 g/mol. The molecule has 0 bridgehead atoms. The Bertz CT molecular complexity index is 1470. The molecular formula is C28H28FN3O5. The number of ketones is 2. The molecule has 9 heteroatoms. The maximum atomic E-state index is 15.2. The fourth-order valence-corrected chi connectivity index (χ4v) is 4.92. The van der Waals surface area contributed by atoms with E-state index in [1.165, 1.54) is 19.1 Å². The lowest BCUT2D eigenvalue weighted by atomic mass is 9.84. The van der Waals surface area contributed by atoms with E-state index in [0.717, 1.165) is 5.56 Å². The molecule has 5 rings (SSSR count). The quantitative estimate of drug-likeness (QED) is 0.512. The average Bonchev–Trinajstić information content (AvgIpc) is 3.43. The number of benzene rings is 2. The second-order valence-electron chi connectivity index (χ2n) is 10.2. The predicted molar refractivity (Wildman–Crippen MR) is 135 cm³/mol. The molecule has 1 N–H and O–H groups in total. The van der Waals surface area contributed by atoms with E-state index >= 15 is 4.39 Å². The number of nitrogens with zero attached hydrogens (tertiary/aromatic N) is 2. The number of methoxy groups -OCH3 is 2. The molecule has 2 aromatic carbocycles. The number of rotatable bonds is 5. The number of nitrogens with one attached hydrogen (secondary N) is 1. The minimum atomic E-state index is -0.682. The van der Waals surface area contributed by atoms with Crippen molar-refractivity contribution in [3.05, 3.63) is 70.3 Å².